The number of likely N-dealkylation sites (N-methyl/N-ethyl adjacent to an activating group) is 1. The Morgan fingerprint density at radius 1 is 1.29 bits per heavy atom. The lowest BCUT2D eigenvalue weighted by Gasteiger charge is -2.14. The zero-order valence-electron chi connectivity index (χ0n) is 9.37. The highest BCUT2D eigenvalue weighted by atomic mass is 16.4. The summed E-state index contributed by atoms with van der Waals surface area (Å²) in [5.74, 6) is 0.279. The van der Waals surface area contributed by atoms with Crippen LogP contribution in [0.3, 0.4) is 0 Å². The Kier molecular flexibility index (Phi) is 8.33. The first-order valence-corrected chi connectivity index (χ1v) is 5.35. The number of amidine groups is 1. The number of hydrogen-bond acceptors (Lipinski definition) is 3. The van der Waals surface area contributed by atoms with Gasteiger partial charge in [0.25, 0.3) is 0 Å². The highest BCUT2D eigenvalue weighted by molar-refractivity contribution is 5.81. The molecule has 0 aliphatic rings. The minimum Gasteiger partial charge on any atom is -0.409 e. The summed E-state index contributed by atoms with van der Waals surface area (Å²) in [6.45, 7) is 3.77. The van der Waals surface area contributed by atoms with Crippen LogP contribution in [-0.2, 0) is 0 Å². The molecule has 0 spiro atoms. The first kappa shape index (κ1) is 13.2. The van der Waals surface area contributed by atoms with E-state index in [2.05, 4.69) is 17.0 Å². The van der Waals surface area contributed by atoms with Crippen molar-refractivity contribution in [3.63, 3.8) is 0 Å². The molecule has 0 atom stereocenters. The molecular formula is C10H23N3O. The zero-order chi connectivity index (χ0) is 10.8. The molecule has 0 amide bonds. The third kappa shape index (κ3) is 7.86. The number of nitrogens with zero attached hydrogens (tertiary/aromatic N) is 2. The van der Waals surface area contributed by atoms with Crippen LogP contribution in [0.15, 0.2) is 5.16 Å². The van der Waals surface area contributed by atoms with Crippen LogP contribution >= 0.6 is 0 Å². The summed E-state index contributed by atoms with van der Waals surface area (Å²) >= 11 is 0. The van der Waals surface area contributed by atoms with Crippen molar-refractivity contribution < 1.29 is 5.21 Å². The van der Waals surface area contributed by atoms with E-state index >= 15 is 0 Å². The molecule has 0 saturated heterocycles. The molecule has 0 aromatic rings. The van der Waals surface area contributed by atoms with Crippen molar-refractivity contribution in [1.82, 2.24) is 4.90 Å². The van der Waals surface area contributed by atoms with Crippen LogP contribution in [0.4, 0.5) is 0 Å². The molecule has 14 heavy (non-hydrogen) atoms. The Bertz CT molecular complexity index is 159. The smallest absolute Gasteiger partial charge is 0.153 e. The van der Waals surface area contributed by atoms with E-state index in [-0.39, 0.29) is 5.84 Å². The van der Waals surface area contributed by atoms with Crippen LogP contribution in [0, 0.1) is 0 Å². The van der Waals surface area contributed by atoms with Gasteiger partial charge in [-0.2, -0.15) is 0 Å². The molecule has 0 saturated carbocycles. The summed E-state index contributed by atoms with van der Waals surface area (Å²) in [6.07, 6.45) is 6.38. The van der Waals surface area contributed by atoms with E-state index < -0.39 is 0 Å². The predicted octanol–water partition coefficient (Wildman–Crippen LogP) is 1.63. The van der Waals surface area contributed by atoms with Crippen molar-refractivity contribution in [2.24, 2.45) is 10.9 Å². The van der Waals surface area contributed by atoms with Gasteiger partial charge in [0.2, 0.25) is 0 Å². The molecule has 0 aliphatic carbocycles. The summed E-state index contributed by atoms with van der Waals surface area (Å²) in [4.78, 5) is 2.07. The van der Waals surface area contributed by atoms with Gasteiger partial charge in [-0.05, 0) is 20.0 Å². The molecule has 4 heteroatoms. The molecule has 0 unspecified atom stereocenters. The van der Waals surface area contributed by atoms with Crippen LogP contribution in [0.5, 0.6) is 0 Å². The second-order valence-corrected chi connectivity index (χ2v) is 3.74. The van der Waals surface area contributed by atoms with E-state index in [9.17, 15) is 0 Å². The van der Waals surface area contributed by atoms with E-state index in [0.717, 1.165) is 6.54 Å². The van der Waals surface area contributed by atoms with Gasteiger partial charge in [0.05, 0.1) is 6.54 Å². The maximum Gasteiger partial charge on any atom is 0.153 e. The summed E-state index contributed by atoms with van der Waals surface area (Å²) in [7, 11) is 1.98. The Morgan fingerprint density at radius 2 is 1.93 bits per heavy atom. The monoisotopic (exact) mass is 201 g/mol. The molecular weight excluding hydrogens is 178 g/mol. The maximum atomic E-state index is 8.36. The summed E-state index contributed by atoms with van der Waals surface area (Å²) in [5.41, 5.74) is 5.38. The Hall–Kier alpha value is -0.770. The van der Waals surface area contributed by atoms with Gasteiger partial charge in [0.1, 0.15) is 0 Å². The molecule has 4 nitrogen and oxygen atoms in total. The summed E-state index contributed by atoms with van der Waals surface area (Å²) in [5, 5.41) is 11.3. The van der Waals surface area contributed by atoms with Crippen LogP contribution < -0.4 is 5.73 Å². The van der Waals surface area contributed by atoms with E-state index in [1.165, 1.54) is 32.1 Å². The quantitative estimate of drug-likeness (QED) is 0.206. The van der Waals surface area contributed by atoms with E-state index in [4.69, 9.17) is 10.9 Å². The highest BCUT2D eigenvalue weighted by Gasteiger charge is 2.00. The lowest BCUT2D eigenvalue weighted by Crippen LogP contribution is -2.31. The average Bonchev–Trinajstić information content (AvgIpc) is 2.17. The van der Waals surface area contributed by atoms with Crippen molar-refractivity contribution in [3.8, 4) is 0 Å². The standard InChI is InChI=1S/C10H23N3O/c1-3-4-5-6-7-8-13(2)9-10(11)12-14/h14H,3-9H2,1-2H3,(H2,11,12). The second kappa shape index (κ2) is 8.81. The average molecular weight is 201 g/mol. The molecule has 0 rings (SSSR count). The molecule has 0 bridgehead atoms. The van der Waals surface area contributed by atoms with Gasteiger partial charge in [-0.25, -0.2) is 0 Å². The van der Waals surface area contributed by atoms with Gasteiger partial charge < -0.3 is 10.9 Å². The zero-order valence-corrected chi connectivity index (χ0v) is 9.37. The molecule has 0 fully saturated rings. The fraction of sp³-hybridized carbons (Fsp3) is 0.900. The fourth-order valence-electron chi connectivity index (χ4n) is 1.37. The third-order valence-electron chi connectivity index (χ3n) is 2.20. The number of nitrogens with two attached hydrogens (primary N) is 1. The van der Waals surface area contributed by atoms with E-state index in [1.807, 2.05) is 7.05 Å². The number of rotatable bonds is 8. The Balaban J connectivity index is 3.31. The van der Waals surface area contributed by atoms with Crippen molar-refractivity contribution in [1.29, 1.82) is 0 Å². The van der Waals surface area contributed by atoms with Crippen molar-refractivity contribution in [2.45, 2.75) is 39.0 Å². The van der Waals surface area contributed by atoms with Gasteiger partial charge in [0.15, 0.2) is 5.84 Å². The Morgan fingerprint density at radius 3 is 2.50 bits per heavy atom. The SMILES string of the molecule is CCCCCCCN(C)CC(N)=NO. The van der Waals surface area contributed by atoms with Gasteiger partial charge in [0, 0.05) is 0 Å². The highest BCUT2D eigenvalue weighted by Crippen LogP contribution is 2.02. The minimum atomic E-state index is 0.279. The molecule has 84 valence electrons. The second-order valence-electron chi connectivity index (χ2n) is 3.74. The first-order chi connectivity index (χ1) is 6.70. The van der Waals surface area contributed by atoms with Gasteiger partial charge in [-0.3, -0.25) is 4.90 Å². The first-order valence-electron chi connectivity index (χ1n) is 5.35. The van der Waals surface area contributed by atoms with Gasteiger partial charge in [-0.1, -0.05) is 37.8 Å². The van der Waals surface area contributed by atoms with Crippen LogP contribution in [0.1, 0.15) is 39.0 Å². The van der Waals surface area contributed by atoms with Crippen LogP contribution in [0.25, 0.3) is 0 Å². The largest absolute Gasteiger partial charge is 0.409 e. The lowest BCUT2D eigenvalue weighted by molar-refractivity contribution is 0.308. The normalized spacial score (nSPS) is 12.4. The van der Waals surface area contributed by atoms with E-state index in [0.29, 0.717) is 6.54 Å². The molecule has 3 N–H and O–H groups in total. The van der Waals surface area contributed by atoms with Crippen molar-refractivity contribution >= 4 is 5.84 Å². The fourth-order valence-corrected chi connectivity index (χ4v) is 1.37. The maximum absolute atomic E-state index is 8.36. The number of unbranched alkanes of at least 4 members (excludes halogenated alkanes) is 4. The van der Waals surface area contributed by atoms with E-state index in [1.54, 1.807) is 0 Å². The molecule has 0 aromatic heterocycles. The predicted molar refractivity (Wildman–Crippen MR) is 59.7 cm³/mol. The third-order valence-corrected chi connectivity index (χ3v) is 2.20. The van der Waals surface area contributed by atoms with Crippen molar-refractivity contribution in [2.75, 3.05) is 20.1 Å². The van der Waals surface area contributed by atoms with Crippen molar-refractivity contribution in [3.05, 3.63) is 0 Å². The van der Waals surface area contributed by atoms with Gasteiger partial charge in [-0.15, -0.1) is 0 Å². The minimum absolute atomic E-state index is 0.279. The lowest BCUT2D eigenvalue weighted by atomic mass is 10.1. The summed E-state index contributed by atoms with van der Waals surface area (Å²) < 4.78 is 0. The number of oxime groups is 1. The molecule has 0 radical (unpaired) electrons. The topological polar surface area (TPSA) is 61.8 Å². The van der Waals surface area contributed by atoms with Crippen LogP contribution in [-0.4, -0.2) is 36.1 Å². The molecule has 0 aliphatic heterocycles. The summed E-state index contributed by atoms with van der Waals surface area (Å²) in [6, 6.07) is 0. The van der Waals surface area contributed by atoms with Gasteiger partial charge >= 0.3 is 0 Å². The molecule has 0 aromatic carbocycles. The Labute approximate surface area is 86.8 Å². The van der Waals surface area contributed by atoms with Crippen LogP contribution in [0.2, 0.25) is 0 Å². The number of hydrogen-bond donors (Lipinski definition) is 2. The molecule has 0 heterocycles.